The number of aromatic nitrogens is 1. The Morgan fingerprint density at radius 1 is 1.32 bits per heavy atom. The Morgan fingerprint density at radius 2 is 2.11 bits per heavy atom. The largest absolute Gasteiger partial charge is 0.496 e. The van der Waals surface area contributed by atoms with E-state index in [1.165, 1.54) is 11.8 Å². The number of hydrogen-bond acceptors (Lipinski definition) is 4. The van der Waals surface area contributed by atoms with E-state index in [4.69, 9.17) is 4.74 Å². The molecule has 0 saturated carbocycles. The minimum Gasteiger partial charge on any atom is -0.496 e. The summed E-state index contributed by atoms with van der Waals surface area (Å²) in [5.41, 5.74) is 0.785. The van der Waals surface area contributed by atoms with E-state index >= 15 is 0 Å². The van der Waals surface area contributed by atoms with Gasteiger partial charge in [0.1, 0.15) is 10.8 Å². The van der Waals surface area contributed by atoms with E-state index in [-0.39, 0.29) is 0 Å². The molecule has 0 bridgehead atoms. The van der Waals surface area contributed by atoms with Crippen molar-refractivity contribution in [1.29, 1.82) is 0 Å². The maximum atomic E-state index is 9.94. The van der Waals surface area contributed by atoms with E-state index in [1.54, 1.807) is 20.2 Å². The number of nitrogens with zero attached hydrogens (tertiary/aromatic N) is 1. The topological polar surface area (TPSA) is 42.4 Å². The Morgan fingerprint density at radius 3 is 2.74 bits per heavy atom. The van der Waals surface area contributed by atoms with Crippen LogP contribution < -0.4 is 4.74 Å². The summed E-state index contributed by atoms with van der Waals surface area (Å²) in [6.45, 7) is 1.73. The lowest BCUT2D eigenvalue weighted by molar-refractivity contribution is 0.191. The molecular formula is C14H14BrNO2S. The number of hydrogen-bond donors (Lipinski definition) is 1. The molecule has 0 fully saturated rings. The van der Waals surface area contributed by atoms with E-state index in [0.29, 0.717) is 5.75 Å². The second-order valence-corrected chi connectivity index (χ2v) is 5.83. The Kier molecular flexibility index (Phi) is 4.85. The first-order valence-electron chi connectivity index (χ1n) is 5.76. The fourth-order valence-electron chi connectivity index (χ4n) is 1.75. The molecule has 0 radical (unpaired) electrons. The van der Waals surface area contributed by atoms with Gasteiger partial charge in [-0.25, -0.2) is 4.98 Å². The van der Waals surface area contributed by atoms with Crippen molar-refractivity contribution in [3.05, 3.63) is 46.6 Å². The van der Waals surface area contributed by atoms with Crippen LogP contribution >= 0.6 is 27.7 Å². The van der Waals surface area contributed by atoms with Crippen molar-refractivity contribution < 1.29 is 9.84 Å². The molecule has 1 atom stereocenters. The molecule has 0 aliphatic rings. The van der Waals surface area contributed by atoms with Crippen molar-refractivity contribution in [2.45, 2.75) is 22.9 Å². The monoisotopic (exact) mass is 339 g/mol. The average molecular weight is 340 g/mol. The zero-order chi connectivity index (χ0) is 13.8. The zero-order valence-electron chi connectivity index (χ0n) is 10.6. The van der Waals surface area contributed by atoms with Gasteiger partial charge in [-0.1, -0.05) is 17.8 Å². The van der Waals surface area contributed by atoms with Crippen LogP contribution in [-0.4, -0.2) is 17.2 Å². The van der Waals surface area contributed by atoms with E-state index < -0.39 is 6.10 Å². The van der Waals surface area contributed by atoms with Crippen LogP contribution in [0.2, 0.25) is 0 Å². The fourth-order valence-corrected chi connectivity index (χ4v) is 3.27. The molecule has 1 N–H and O–H groups in total. The van der Waals surface area contributed by atoms with Gasteiger partial charge in [0.25, 0.3) is 0 Å². The third-order valence-electron chi connectivity index (χ3n) is 2.60. The van der Waals surface area contributed by atoms with Gasteiger partial charge in [-0.05, 0) is 47.1 Å². The van der Waals surface area contributed by atoms with Crippen LogP contribution in [0.25, 0.3) is 0 Å². The molecule has 0 saturated heterocycles. The molecule has 2 rings (SSSR count). The molecule has 0 aliphatic carbocycles. The van der Waals surface area contributed by atoms with Gasteiger partial charge in [0.2, 0.25) is 0 Å². The van der Waals surface area contributed by atoms with Gasteiger partial charge in [0.15, 0.2) is 0 Å². The van der Waals surface area contributed by atoms with Crippen molar-refractivity contribution in [2.24, 2.45) is 0 Å². The van der Waals surface area contributed by atoms with Crippen LogP contribution in [0, 0.1) is 0 Å². The minimum absolute atomic E-state index is 0.596. The lowest BCUT2D eigenvalue weighted by Gasteiger charge is -2.15. The summed E-state index contributed by atoms with van der Waals surface area (Å²) in [6.07, 6.45) is 1.15. The predicted octanol–water partition coefficient (Wildman–Crippen LogP) is 4.06. The van der Waals surface area contributed by atoms with Gasteiger partial charge in [-0.3, -0.25) is 0 Å². The highest BCUT2D eigenvalue weighted by Gasteiger charge is 2.16. The van der Waals surface area contributed by atoms with Crippen molar-refractivity contribution in [1.82, 2.24) is 4.98 Å². The molecule has 1 aromatic heterocycles. The Labute approximate surface area is 125 Å². The summed E-state index contributed by atoms with van der Waals surface area (Å²) >= 11 is 4.97. The smallest absolute Gasteiger partial charge is 0.125 e. The first-order chi connectivity index (χ1) is 9.13. The van der Waals surface area contributed by atoms with Crippen LogP contribution in [-0.2, 0) is 0 Å². The second-order valence-electron chi connectivity index (χ2n) is 3.94. The molecule has 1 aromatic carbocycles. The SMILES string of the molecule is COc1cccc(Sc2ncccc2Br)c1[C@@H](C)O. The number of ether oxygens (including phenoxy) is 1. The van der Waals surface area contributed by atoms with Crippen LogP contribution in [0.5, 0.6) is 5.75 Å². The summed E-state index contributed by atoms with van der Waals surface area (Å²) in [5.74, 6) is 0.687. The van der Waals surface area contributed by atoms with Crippen molar-refractivity contribution in [2.75, 3.05) is 7.11 Å². The lowest BCUT2D eigenvalue weighted by atomic mass is 10.1. The Balaban J connectivity index is 2.43. The molecule has 0 spiro atoms. The first-order valence-corrected chi connectivity index (χ1v) is 7.37. The van der Waals surface area contributed by atoms with Gasteiger partial charge in [0.05, 0.1) is 17.7 Å². The quantitative estimate of drug-likeness (QED) is 0.912. The van der Waals surface area contributed by atoms with Gasteiger partial charge >= 0.3 is 0 Å². The van der Waals surface area contributed by atoms with Gasteiger partial charge in [0, 0.05) is 16.7 Å². The predicted molar refractivity (Wildman–Crippen MR) is 79.7 cm³/mol. The number of aliphatic hydroxyl groups is 1. The first kappa shape index (κ1) is 14.4. The number of halogens is 1. The second kappa shape index (κ2) is 6.41. The van der Waals surface area contributed by atoms with Crippen LogP contribution in [0.4, 0.5) is 0 Å². The Bertz CT molecular complexity index is 575. The van der Waals surface area contributed by atoms with Crippen molar-refractivity contribution >= 4 is 27.7 Å². The third-order valence-corrected chi connectivity index (χ3v) is 4.59. The van der Waals surface area contributed by atoms with E-state index in [1.807, 2.05) is 30.3 Å². The number of benzene rings is 1. The molecule has 0 amide bonds. The number of pyridine rings is 1. The number of methoxy groups -OCH3 is 1. The maximum Gasteiger partial charge on any atom is 0.125 e. The fraction of sp³-hybridized carbons (Fsp3) is 0.214. The molecule has 2 aromatic rings. The summed E-state index contributed by atoms with van der Waals surface area (Å²) in [7, 11) is 1.60. The molecular weight excluding hydrogens is 326 g/mol. The minimum atomic E-state index is -0.596. The zero-order valence-corrected chi connectivity index (χ0v) is 13.0. The van der Waals surface area contributed by atoms with Crippen LogP contribution in [0.1, 0.15) is 18.6 Å². The highest BCUT2D eigenvalue weighted by atomic mass is 79.9. The van der Waals surface area contributed by atoms with E-state index in [0.717, 1.165) is 20.0 Å². The van der Waals surface area contributed by atoms with Crippen LogP contribution in [0.3, 0.4) is 0 Å². The molecule has 5 heteroatoms. The molecule has 1 heterocycles. The van der Waals surface area contributed by atoms with Gasteiger partial charge < -0.3 is 9.84 Å². The van der Waals surface area contributed by atoms with E-state index in [2.05, 4.69) is 20.9 Å². The molecule has 19 heavy (non-hydrogen) atoms. The summed E-state index contributed by atoms with van der Waals surface area (Å²) in [6, 6.07) is 9.52. The normalized spacial score (nSPS) is 12.2. The van der Waals surface area contributed by atoms with Crippen LogP contribution in [0.15, 0.2) is 50.9 Å². The number of aliphatic hydroxyl groups excluding tert-OH is 1. The van der Waals surface area contributed by atoms with Gasteiger partial charge in [-0.15, -0.1) is 0 Å². The molecule has 3 nitrogen and oxygen atoms in total. The highest BCUT2D eigenvalue weighted by Crippen LogP contribution is 2.39. The summed E-state index contributed by atoms with van der Waals surface area (Å²) in [5, 5.41) is 10.8. The van der Waals surface area contributed by atoms with E-state index in [9.17, 15) is 5.11 Å². The average Bonchev–Trinajstić information content (AvgIpc) is 2.40. The number of rotatable bonds is 4. The maximum absolute atomic E-state index is 9.94. The molecule has 0 unspecified atom stereocenters. The summed E-state index contributed by atoms with van der Waals surface area (Å²) < 4.78 is 6.24. The summed E-state index contributed by atoms with van der Waals surface area (Å²) in [4.78, 5) is 5.26. The lowest BCUT2D eigenvalue weighted by Crippen LogP contribution is -1.99. The highest BCUT2D eigenvalue weighted by molar-refractivity contribution is 9.10. The Hall–Kier alpha value is -1.04. The van der Waals surface area contributed by atoms with Gasteiger partial charge in [-0.2, -0.15) is 0 Å². The molecule has 100 valence electrons. The standard InChI is InChI=1S/C14H14BrNO2S/c1-9(17)13-11(18-2)6-3-7-12(13)19-14-10(15)5-4-8-16-14/h3-9,17H,1-2H3/t9-/m1/s1. The molecule has 0 aliphatic heterocycles. The van der Waals surface area contributed by atoms with Crippen molar-refractivity contribution in [3.8, 4) is 5.75 Å². The van der Waals surface area contributed by atoms with Crippen molar-refractivity contribution in [3.63, 3.8) is 0 Å². The third kappa shape index (κ3) is 3.29.